The molecule has 4 N–H and O–H groups in total. The summed E-state index contributed by atoms with van der Waals surface area (Å²) >= 11 is 1.36. The van der Waals surface area contributed by atoms with Crippen molar-refractivity contribution in [3.63, 3.8) is 0 Å². The highest BCUT2D eigenvalue weighted by molar-refractivity contribution is 7.12. The van der Waals surface area contributed by atoms with Gasteiger partial charge in [-0.25, -0.2) is 4.79 Å². The number of benzene rings is 1. The van der Waals surface area contributed by atoms with E-state index in [1.54, 1.807) is 6.07 Å². The number of carbonyl (C=O) groups excluding carboxylic acids is 3. The molecular weight excluding hydrogens is 376 g/mol. The van der Waals surface area contributed by atoms with E-state index >= 15 is 0 Å². The Morgan fingerprint density at radius 2 is 1.82 bits per heavy atom. The molecule has 1 aliphatic carbocycles. The van der Waals surface area contributed by atoms with Crippen LogP contribution in [-0.2, 0) is 11.2 Å². The smallest absolute Gasteiger partial charge is 0.315 e. The molecule has 1 heterocycles. The van der Waals surface area contributed by atoms with Crippen LogP contribution in [0.15, 0.2) is 41.8 Å². The van der Waals surface area contributed by atoms with Gasteiger partial charge in [0.1, 0.15) is 0 Å². The zero-order valence-corrected chi connectivity index (χ0v) is 16.3. The van der Waals surface area contributed by atoms with E-state index in [0.29, 0.717) is 11.4 Å². The third-order valence-electron chi connectivity index (χ3n) is 4.56. The van der Waals surface area contributed by atoms with Crippen LogP contribution in [0.2, 0.25) is 0 Å². The number of rotatable bonds is 7. The number of hydrogen-bond acceptors (Lipinski definition) is 4. The lowest BCUT2D eigenvalue weighted by Crippen LogP contribution is -2.45. The lowest BCUT2D eigenvalue weighted by Gasteiger charge is -2.26. The highest BCUT2D eigenvalue weighted by Gasteiger charge is 2.21. The Labute approximate surface area is 167 Å². The predicted octanol–water partition coefficient (Wildman–Crippen LogP) is 1.97. The Bertz CT molecular complexity index is 823. The van der Waals surface area contributed by atoms with Crippen molar-refractivity contribution >= 4 is 29.2 Å². The van der Waals surface area contributed by atoms with Crippen LogP contribution in [0.3, 0.4) is 0 Å². The zero-order chi connectivity index (χ0) is 19.8. The fourth-order valence-corrected chi connectivity index (χ4v) is 3.86. The fraction of sp³-hybridized carbons (Fsp3) is 0.350. The number of aryl methyl sites for hydroxylation is 1. The number of hydrogen-bond donors (Lipinski definition) is 4. The summed E-state index contributed by atoms with van der Waals surface area (Å²) in [4.78, 5) is 36.4. The van der Waals surface area contributed by atoms with Crippen molar-refractivity contribution in [1.82, 2.24) is 21.3 Å². The molecule has 28 heavy (non-hydrogen) atoms. The number of fused-ring (bicyclic) bond motifs is 1. The van der Waals surface area contributed by atoms with Gasteiger partial charge < -0.3 is 21.3 Å². The second-order valence-corrected chi connectivity index (χ2v) is 7.50. The molecule has 0 radical (unpaired) electrons. The van der Waals surface area contributed by atoms with Gasteiger partial charge in [0.05, 0.1) is 17.5 Å². The first-order valence-electron chi connectivity index (χ1n) is 9.34. The van der Waals surface area contributed by atoms with Crippen LogP contribution >= 0.6 is 11.3 Å². The van der Waals surface area contributed by atoms with Crippen LogP contribution < -0.4 is 21.3 Å². The van der Waals surface area contributed by atoms with E-state index in [-0.39, 0.29) is 30.9 Å². The second kappa shape index (κ2) is 9.89. The van der Waals surface area contributed by atoms with E-state index < -0.39 is 6.03 Å². The summed E-state index contributed by atoms with van der Waals surface area (Å²) in [5.74, 6) is -0.382. The van der Waals surface area contributed by atoms with Crippen molar-refractivity contribution in [3.05, 3.63) is 57.8 Å². The fourth-order valence-electron chi connectivity index (χ4n) is 3.22. The second-order valence-electron chi connectivity index (χ2n) is 6.55. The molecule has 0 saturated heterocycles. The van der Waals surface area contributed by atoms with Gasteiger partial charge in [-0.1, -0.05) is 30.3 Å². The Morgan fingerprint density at radius 1 is 1.00 bits per heavy atom. The van der Waals surface area contributed by atoms with Crippen molar-refractivity contribution in [1.29, 1.82) is 0 Å². The van der Waals surface area contributed by atoms with Gasteiger partial charge >= 0.3 is 6.03 Å². The summed E-state index contributed by atoms with van der Waals surface area (Å²) in [6.45, 7) is 0.502. The molecule has 1 aromatic heterocycles. The highest BCUT2D eigenvalue weighted by atomic mass is 32.1. The maximum absolute atomic E-state index is 12.2. The maximum Gasteiger partial charge on any atom is 0.315 e. The molecule has 3 rings (SSSR count). The maximum atomic E-state index is 12.2. The van der Waals surface area contributed by atoms with Gasteiger partial charge in [-0.2, -0.15) is 0 Å². The van der Waals surface area contributed by atoms with Crippen molar-refractivity contribution in [2.45, 2.75) is 25.3 Å². The Hall–Kier alpha value is -2.87. The lowest BCUT2D eigenvalue weighted by atomic mass is 9.88. The SMILES string of the molecule is O=C(CNC(=O)NCCNC(=O)c1cccs1)NC1CCCc2ccccc21. The minimum atomic E-state index is -0.440. The molecule has 1 unspecified atom stereocenters. The molecule has 1 aromatic carbocycles. The minimum Gasteiger partial charge on any atom is -0.350 e. The van der Waals surface area contributed by atoms with Crippen molar-refractivity contribution < 1.29 is 14.4 Å². The van der Waals surface area contributed by atoms with Crippen LogP contribution in [0.25, 0.3) is 0 Å². The highest BCUT2D eigenvalue weighted by Crippen LogP contribution is 2.29. The van der Waals surface area contributed by atoms with Crippen LogP contribution in [0, 0.1) is 0 Å². The molecule has 1 aliphatic rings. The Kier molecular flexibility index (Phi) is 7.02. The van der Waals surface area contributed by atoms with Gasteiger partial charge in [-0.3, -0.25) is 9.59 Å². The molecule has 1 atom stereocenters. The van der Waals surface area contributed by atoms with Crippen molar-refractivity contribution in [3.8, 4) is 0 Å². The molecule has 2 aromatic rings. The Balaban J connectivity index is 1.32. The third-order valence-corrected chi connectivity index (χ3v) is 5.42. The number of nitrogens with one attached hydrogen (secondary N) is 4. The van der Waals surface area contributed by atoms with Gasteiger partial charge in [0, 0.05) is 13.1 Å². The van der Waals surface area contributed by atoms with Gasteiger partial charge in [0.25, 0.3) is 5.91 Å². The minimum absolute atomic E-state index is 0.00484. The normalized spacial score (nSPS) is 15.2. The molecule has 148 valence electrons. The van der Waals surface area contributed by atoms with Gasteiger partial charge in [-0.15, -0.1) is 11.3 Å². The molecule has 8 heteroatoms. The van der Waals surface area contributed by atoms with Crippen molar-refractivity contribution in [2.24, 2.45) is 0 Å². The van der Waals surface area contributed by atoms with E-state index in [0.717, 1.165) is 24.8 Å². The third kappa shape index (κ3) is 5.56. The number of thiophene rings is 1. The van der Waals surface area contributed by atoms with Crippen LogP contribution in [0.1, 0.15) is 39.7 Å². The van der Waals surface area contributed by atoms with Gasteiger partial charge in [0.15, 0.2) is 0 Å². The molecule has 7 nitrogen and oxygen atoms in total. The van der Waals surface area contributed by atoms with Crippen LogP contribution in [0.4, 0.5) is 4.79 Å². The van der Waals surface area contributed by atoms with Gasteiger partial charge in [-0.05, 0) is 41.8 Å². The Morgan fingerprint density at radius 3 is 2.64 bits per heavy atom. The lowest BCUT2D eigenvalue weighted by molar-refractivity contribution is -0.120. The molecule has 4 amide bonds. The van der Waals surface area contributed by atoms with Crippen molar-refractivity contribution in [2.75, 3.05) is 19.6 Å². The molecular formula is C20H24N4O3S. The summed E-state index contributed by atoms with van der Waals surface area (Å²) in [5.41, 5.74) is 2.43. The van der Waals surface area contributed by atoms with E-state index in [9.17, 15) is 14.4 Å². The summed E-state index contributed by atoms with van der Waals surface area (Å²) < 4.78 is 0. The standard InChI is InChI=1S/C20H24N4O3S/c25-18(24-16-8-3-6-14-5-1-2-7-15(14)16)13-23-20(27)22-11-10-21-19(26)17-9-4-12-28-17/h1-2,4-5,7,9,12,16H,3,6,8,10-11,13H2,(H,21,26)(H,24,25)(H2,22,23,27). The van der Waals surface area contributed by atoms with Crippen LogP contribution in [-0.4, -0.2) is 37.5 Å². The monoisotopic (exact) mass is 400 g/mol. The van der Waals surface area contributed by atoms with E-state index in [4.69, 9.17) is 0 Å². The molecule has 0 saturated carbocycles. The molecule has 0 bridgehead atoms. The predicted molar refractivity (Wildman–Crippen MR) is 108 cm³/mol. The zero-order valence-electron chi connectivity index (χ0n) is 15.5. The first kappa shape index (κ1) is 19.9. The summed E-state index contributed by atoms with van der Waals surface area (Å²) in [6.07, 6.45) is 2.97. The topological polar surface area (TPSA) is 99.3 Å². The number of amides is 4. The first-order valence-corrected chi connectivity index (χ1v) is 10.2. The summed E-state index contributed by atoms with van der Waals surface area (Å²) in [7, 11) is 0. The van der Waals surface area contributed by atoms with Crippen LogP contribution in [0.5, 0.6) is 0 Å². The quantitative estimate of drug-likeness (QED) is 0.535. The molecule has 0 spiro atoms. The number of urea groups is 1. The van der Waals surface area contributed by atoms with Gasteiger partial charge in [0.2, 0.25) is 5.91 Å². The first-order chi connectivity index (χ1) is 13.6. The largest absolute Gasteiger partial charge is 0.350 e. The summed E-state index contributed by atoms with van der Waals surface area (Å²) in [5, 5.41) is 12.7. The van der Waals surface area contributed by atoms with E-state index in [1.807, 2.05) is 29.6 Å². The molecule has 0 aliphatic heterocycles. The number of carbonyl (C=O) groups is 3. The van der Waals surface area contributed by atoms with E-state index in [1.165, 1.54) is 16.9 Å². The molecule has 0 fully saturated rings. The average Bonchev–Trinajstić information content (AvgIpc) is 3.25. The summed E-state index contributed by atoms with van der Waals surface area (Å²) in [6, 6.07) is 11.2. The van der Waals surface area contributed by atoms with E-state index in [2.05, 4.69) is 27.3 Å². The average molecular weight is 401 g/mol.